The monoisotopic (exact) mass is 321 g/mol. The maximum atomic E-state index is 5.48. The molecule has 0 saturated carbocycles. The largest absolute Gasteiger partial charge is 0.454 e. The predicted octanol–water partition coefficient (Wildman–Crippen LogP) is 3.79. The van der Waals surface area contributed by atoms with Gasteiger partial charge < -0.3 is 14.0 Å². The molecule has 0 radical (unpaired) electrons. The summed E-state index contributed by atoms with van der Waals surface area (Å²) in [6.07, 6.45) is 6.56. The molecule has 0 saturated heterocycles. The van der Waals surface area contributed by atoms with Crippen molar-refractivity contribution in [3.8, 4) is 22.9 Å². The normalized spacial score (nSPS) is 13.9. The van der Waals surface area contributed by atoms with Crippen molar-refractivity contribution in [2.75, 3.05) is 6.79 Å². The molecule has 0 fully saturated rings. The third-order valence-corrected chi connectivity index (χ3v) is 4.38. The highest BCUT2D eigenvalue weighted by molar-refractivity contribution is 5.62. The number of benzene rings is 1. The van der Waals surface area contributed by atoms with Crippen LogP contribution in [0.2, 0.25) is 0 Å². The minimum atomic E-state index is 0.251. The predicted molar refractivity (Wildman–Crippen MR) is 91.2 cm³/mol. The molecule has 0 N–H and O–H groups in total. The van der Waals surface area contributed by atoms with Crippen LogP contribution in [-0.2, 0) is 6.42 Å². The molecule has 1 aliphatic heterocycles. The van der Waals surface area contributed by atoms with E-state index in [-0.39, 0.29) is 12.8 Å². The molecule has 24 heavy (non-hydrogen) atoms. The lowest BCUT2D eigenvalue weighted by atomic mass is 10.1. The number of aromatic nitrogens is 3. The van der Waals surface area contributed by atoms with E-state index in [4.69, 9.17) is 9.47 Å². The lowest BCUT2D eigenvalue weighted by molar-refractivity contribution is 0.174. The Balaban J connectivity index is 1.64. The number of ether oxygens (including phenoxy) is 2. The van der Waals surface area contributed by atoms with E-state index in [1.54, 1.807) is 0 Å². The van der Waals surface area contributed by atoms with Crippen LogP contribution in [0.15, 0.2) is 48.9 Å². The molecule has 5 heteroatoms. The Labute approximate surface area is 140 Å². The van der Waals surface area contributed by atoms with Gasteiger partial charge in [-0.2, -0.15) is 0 Å². The van der Waals surface area contributed by atoms with Crippen LogP contribution in [0.3, 0.4) is 0 Å². The van der Waals surface area contributed by atoms with Crippen LogP contribution in [-0.4, -0.2) is 21.3 Å². The lowest BCUT2D eigenvalue weighted by Gasteiger charge is -2.17. The number of rotatable bonds is 4. The van der Waals surface area contributed by atoms with Gasteiger partial charge in [0, 0.05) is 42.3 Å². The molecular formula is C19H19N3O2. The van der Waals surface area contributed by atoms with Gasteiger partial charge in [-0.1, -0.05) is 6.07 Å². The highest BCUT2D eigenvalue weighted by Crippen LogP contribution is 2.36. The number of aryl methyl sites for hydroxylation is 1. The molecular weight excluding hydrogens is 302 g/mol. The molecule has 5 nitrogen and oxygen atoms in total. The summed E-state index contributed by atoms with van der Waals surface area (Å²) in [6, 6.07) is 10.3. The first kappa shape index (κ1) is 14.8. The highest BCUT2D eigenvalue weighted by Gasteiger charge is 2.18. The van der Waals surface area contributed by atoms with Gasteiger partial charge in [0.2, 0.25) is 6.79 Å². The molecule has 3 aromatic rings. The molecule has 0 aliphatic carbocycles. The Kier molecular flexibility index (Phi) is 3.69. The fraction of sp³-hybridized carbons (Fsp3) is 0.263. The summed E-state index contributed by atoms with van der Waals surface area (Å²) in [6.45, 7) is 4.57. The van der Waals surface area contributed by atoms with Gasteiger partial charge in [-0.3, -0.25) is 4.98 Å². The van der Waals surface area contributed by atoms with E-state index >= 15 is 0 Å². The summed E-state index contributed by atoms with van der Waals surface area (Å²) >= 11 is 0. The van der Waals surface area contributed by atoms with Crippen LogP contribution in [0.1, 0.15) is 24.2 Å². The fourth-order valence-corrected chi connectivity index (χ4v) is 3.04. The highest BCUT2D eigenvalue weighted by atomic mass is 16.7. The van der Waals surface area contributed by atoms with E-state index in [1.807, 2.05) is 42.9 Å². The van der Waals surface area contributed by atoms with E-state index in [1.165, 1.54) is 5.56 Å². The standard InChI is InChI=1S/C19H19N3O2/c1-13-4-3-7-20-16(13)10-14(2)22-9-8-21-19(22)15-5-6-17-18(11-15)24-12-23-17/h3-9,11,14H,10,12H2,1-2H3/t14-/m0/s1. The van der Waals surface area contributed by atoms with Crippen LogP contribution in [0.25, 0.3) is 11.4 Å². The summed E-state index contributed by atoms with van der Waals surface area (Å²) in [5.41, 5.74) is 3.36. The first-order valence-corrected chi connectivity index (χ1v) is 8.06. The zero-order valence-corrected chi connectivity index (χ0v) is 13.8. The first-order valence-electron chi connectivity index (χ1n) is 8.06. The summed E-state index contributed by atoms with van der Waals surface area (Å²) in [5.74, 6) is 2.48. The van der Waals surface area contributed by atoms with Crippen LogP contribution in [0, 0.1) is 6.92 Å². The molecule has 3 heterocycles. The molecule has 1 aliphatic rings. The molecule has 0 spiro atoms. The van der Waals surface area contributed by atoms with Crippen molar-refractivity contribution in [1.29, 1.82) is 0 Å². The number of nitrogens with zero attached hydrogens (tertiary/aromatic N) is 3. The second-order valence-corrected chi connectivity index (χ2v) is 6.05. The van der Waals surface area contributed by atoms with Crippen LogP contribution in [0.5, 0.6) is 11.5 Å². The maximum Gasteiger partial charge on any atom is 0.231 e. The molecule has 0 amide bonds. The topological polar surface area (TPSA) is 49.2 Å². The average molecular weight is 321 g/mol. The van der Waals surface area contributed by atoms with Crippen molar-refractivity contribution >= 4 is 0 Å². The second kappa shape index (κ2) is 6.00. The van der Waals surface area contributed by atoms with E-state index in [0.717, 1.165) is 35.0 Å². The molecule has 4 rings (SSSR count). The van der Waals surface area contributed by atoms with Crippen LogP contribution in [0.4, 0.5) is 0 Å². The van der Waals surface area contributed by atoms with Crippen molar-refractivity contribution in [3.05, 3.63) is 60.2 Å². The number of hydrogen-bond donors (Lipinski definition) is 0. The van der Waals surface area contributed by atoms with E-state index < -0.39 is 0 Å². The SMILES string of the molecule is Cc1cccnc1C[C@H](C)n1ccnc1-c1ccc2c(c1)OCO2. The second-order valence-electron chi connectivity index (χ2n) is 6.05. The first-order chi connectivity index (χ1) is 11.7. The number of hydrogen-bond acceptors (Lipinski definition) is 4. The summed E-state index contributed by atoms with van der Waals surface area (Å²) in [5, 5.41) is 0. The fourth-order valence-electron chi connectivity index (χ4n) is 3.04. The van der Waals surface area contributed by atoms with E-state index in [9.17, 15) is 0 Å². The van der Waals surface area contributed by atoms with Crippen molar-refractivity contribution < 1.29 is 9.47 Å². The van der Waals surface area contributed by atoms with Crippen LogP contribution < -0.4 is 9.47 Å². The van der Waals surface area contributed by atoms with E-state index in [0.29, 0.717) is 0 Å². The molecule has 2 aromatic heterocycles. The van der Waals surface area contributed by atoms with Crippen molar-refractivity contribution in [2.24, 2.45) is 0 Å². The summed E-state index contributed by atoms with van der Waals surface area (Å²) < 4.78 is 13.0. The number of pyridine rings is 1. The van der Waals surface area contributed by atoms with Gasteiger partial charge in [0.25, 0.3) is 0 Å². The number of imidazole rings is 1. The van der Waals surface area contributed by atoms with Crippen LogP contribution >= 0.6 is 0 Å². The van der Waals surface area contributed by atoms with Crippen molar-refractivity contribution in [3.63, 3.8) is 0 Å². The Morgan fingerprint density at radius 1 is 1.12 bits per heavy atom. The molecule has 1 aromatic carbocycles. The van der Waals surface area contributed by atoms with Crippen molar-refractivity contribution in [1.82, 2.24) is 14.5 Å². The van der Waals surface area contributed by atoms with Gasteiger partial charge in [0.15, 0.2) is 11.5 Å². The van der Waals surface area contributed by atoms with Gasteiger partial charge in [0.05, 0.1) is 0 Å². The minimum absolute atomic E-state index is 0.251. The maximum absolute atomic E-state index is 5.48. The molecule has 122 valence electrons. The van der Waals surface area contributed by atoms with Gasteiger partial charge in [0.1, 0.15) is 5.82 Å². The summed E-state index contributed by atoms with van der Waals surface area (Å²) in [4.78, 5) is 9.05. The zero-order valence-electron chi connectivity index (χ0n) is 13.8. The Morgan fingerprint density at radius 3 is 2.88 bits per heavy atom. The van der Waals surface area contributed by atoms with Gasteiger partial charge >= 0.3 is 0 Å². The minimum Gasteiger partial charge on any atom is -0.454 e. The summed E-state index contributed by atoms with van der Waals surface area (Å²) in [7, 11) is 0. The lowest BCUT2D eigenvalue weighted by Crippen LogP contribution is -2.10. The van der Waals surface area contributed by atoms with Gasteiger partial charge in [-0.15, -0.1) is 0 Å². The third-order valence-electron chi connectivity index (χ3n) is 4.38. The quantitative estimate of drug-likeness (QED) is 0.733. The van der Waals surface area contributed by atoms with Crippen molar-refractivity contribution in [2.45, 2.75) is 26.3 Å². The van der Waals surface area contributed by atoms with Gasteiger partial charge in [-0.05, 0) is 43.7 Å². The third kappa shape index (κ3) is 2.62. The Hall–Kier alpha value is -2.82. The molecule has 1 atom stereocenters. The number of fused-ring (bicyclic) bond motifs is 1. The Morgan fingerprint density at radius 2 is 2.00 bits per heavy atom. The van der Waals surface area contributed by atoms with E-state index in [2.05, 4.69) is 34.4 Å². The average Bonchev–Trinajstić information content (AvgIpc) is 3.25. The zero-order chi connectivity index (χ0) is 16.5. The molecule has 0 bridgehead atoms. The molecule has 0 unspecified atom stereocenters. The van der Waals surface area contributed by atoms with Gasteiger partial charge in [-0.25, -0.2) is 4.98 Å². The Bertz CT molecular complexity index is 873. The smallest absolute Gasteiger partial charge is 0.231 e.